The molecule has 0 bridgehead atoms. The summed E-state index contributed by atoms with van der Waals surface area (Å²) in [5.74, 6) is 0.342. The van der Waals surface area contributed by atoms with Crippen molar-refractivity contribution in [3.8, 4) is 0 Å². The van der Waals surface area contributed by atoms with E-state index in [-0.39, 0.29) is 24.3 Å². The molecule has 0 saturated heterocycles. The fourth-order valence-electron chi connectivity index (χ4n) is 1.50. The average molecular weight is 281 g/mol. The minimum atomic E-state index is -0.222. The van der Waals surface area contributed by atoms with E-state index in [9.17, 15) is 4.39 Å². The first-order valence-electron chi connectivity index (χ1n) is 4.38. The van der Waals surface area contributed by atoms with E-state index in [4.69, 9.17) is 5.73 Å². The molecular weight excluding hydrogens is 268 g/mol. The third kappa shape index (κ3) is 2.69. The number of halogens is 3. The highest BCUT2D eigenvalue weighted by Crippen LogP contribution is 2.39. The van der Waals surface area contributed by atoms with Gasteiger partial charge in [0.1, 0.15) is 5.82 Å². The molecule has 0 aliphatic heterocycles. The molecule has 0 amide bonds. The minimum Gasteiger partial charge on any atom is -0.324 e. The molecular formula is C10H12BrClFN. The van der Waals surface area contributed by atoms with Gasteiger partial charge in [-0.15, -0.1) is 12.4 Å². The molecule has 14 heavy (non-hydrogen) atoms. The van der Waals surface area contributed by atoms with Gasteiger partial charge in [0.05, 0.1) is 0 Å². The Kier molecular flexibility index (Phi) is 3.93. The number of hydrogen-bond acceptors (Lipinski definition) is 1. The Morgan fingerprint density at radius 1 is 1.36 bits per heavy atom. The van der Waals surface area contributed by atoms with Gasteiger partial charge in [-0.25, -0.2) is 4.39 Å². The second-order valence-electron chi connectivity index (χ2n) is 3.57. The van der Waals surface area contributed by atoms with Crippen molar-refractivity contribution < 1.29 is 4.39 Å². The van der Waals surface area contributed by atoms with Crippen LogP contribution in [0.1, 0.15) is 24.4 Å². The van der Waals surface area contributed by atoms with E-state index in [0.29, 0.717) is 5.92 Å². The molecule has 1 aliphatic rings. The SMILES string of the molecule is Cl.N[C@H](c1cc(F)cc(Br)c1)C1CC1. The molecule has 78 valence electrons. The first-order chi connectivity index (χ1) is 6.16. The van der Waals surface area contributed by atoms with E-state index in [1.807, 2.05) is 6.07 Å². The largest absolute Gasteiger partial charge is 0.324 e. The number of hydrogen-bond donors (Lipinski definition) is 1. The fraction of sp³-hybridized carbons (Fsp3) is 0.400. The first-order valence-corrected chi connectivity index (χ1v) is 5.17. The van der Waals surface area contributed by atoms with Crippen molar-refractivity contribution in [3.05, 3.63) is 34.1 Å². The lowest BCUT2D eigenvalue weighted by atomic mass is 10.0. The second kappa shape index (κ2) is 4.60. The number of rotatable bonds is 2. The Hall–Kier alpha value is -0.120. The molecule has 2 N–H and O–H groups in total. The Bertz CT molecular complexity index is 308. The molecule has 0 aromatic heterocycles. The summed E-state index contributed by atoms with van der Waals surface area (Å²) in [5, 5.41) is 0. The monoisotopic (exact) mass is 279 g/mol. The van der Waals surface area contributed by atoms with Gasteiger partial charge in [0.15, 0.2) is 0 Å². The van der Waals surface area contributed by atoms with Gasteiger partial charge in [0.25, 0.3) is 0 Å². The highest BCUT2D eigenvalue weighted by molar-refractivity contribution is 9.10. The van der Waals surface area contributed by atoms with E-state index in [2.05, 4.69) is 15.9 Å². The molecule has 1 fully saturated rings. The van der Waals surface area contributed by atoms with Gasteiger partial charge in [0, 0.05) is 10.5 Å². The summed E-state index contributed by atoms with van der Waals surface area (Å²) >= 11 is 3.26. The zero-order chi connectivity index (χ0) is 9.42. The molecule has 0 radical (unpaired) electrons. The summed E-state index contributed by atoms with van der Waals surface area (Å²) in [4.78, 5) is 0. The number of benzene rings is 1. The van der Waals surface area contributed by atoms with Crippen LogP contribution in [0.3, 0.4) is 0 Å². The summed E-state index contributed by atoms with van der Waals surface area (Å²) in [5.41, 5.74) is 6.85. The van der Waals surface area contributed by atoms with E-state index < -0.39 is 0 Å². The maximum absolute atomic E-state index is 13.0. The second-order valence-corrected chi connectivity index (χ2v) is 4.48. The molecule has 1 aromatic rings. The highest BCUT2D eigenvalue weighted by atomic mass is 79.9. The van der Waals surface area contributed by atoms with Crippen molar-refractivity contribution in [3.63, 3.8) is 0 Å². The molecule has 1 saturated carbocycles. The van der Waals surface area contributed by atoms with Gasteiger partial charge in [0.2, 0.25) is 0 Å². The van der Waals surface area contributed by atoms with Crippen LogP contribution in [0.5, 0.6) is 0 Å². The maximum atomic E-state index is 13.0. The van der Waals surface area contributed by atoms with E-state index >= 15 is 0 Å². The van der Waals surface area contributed by atoms with Crippen molar-refractivity contribution >= 4 is 28.3 Å². The predicted octanol–water partition coefficient (Wildman–Crippen LogP) is 3.42. The van der Waals surface area contributed by atoms with E-state index in [1.165, 1.54) is 25.0 Å². The highest BCUT2D eigenvalue weighted by Gasteiger charge is 2.29. The molecule has 1 nitrogen and oxygen atoms in total. The zero-order valence-corrected chi connectivity index (χ0v) is 9.94. The lowest BCUT2D eigenvalue weighted by Gasteiger charge is -2.10. The molecule has 0 heterocycles. The van der Waals surface area contributed by atoms with E-state index in [1.54, 1.807) is 0 Å². The molecule has 1 aromatic carbocycles. The fourth-order valence-corrected chi connectivity index (χ4v) is 1.98. The van der Waals surface area contributed by atoms with Gasteiger partial charge in [-0.1, -0.05) is 15.9 Å². The standard InChI is InChI=1S/C10H11BrFN.ClH/c11-8-3-7(4-9(12)5-8)10(13)6-1-2-6;/h3-6,10H,1-2,13H2;1H/t10-;/m0./s1. The normalized spacial score (nSPS) is 17.4. The molecule has 1 atom stereocenters. The number of nitrogens with two attached hydrogens (primary N) is 1. The Morgan fingerprint density at radius 2 is 2.00 bits per heavy atom. The summed E-state index contributed by atoms with van der Waals surface area (Å²) in [6.07, 6.45) is 2.35. The summed E-state index contributed by atoms with van der Waals surface area (Å²) in [6.45, 7) is 0. The quantitative estimate of drug-likeness (QED) is 0.882. The Labute approximate surface area is 97.4 Å². The van der Waals surface area contributed by atoms with Gasteiger partial charge < -0.3 is 5.73 Å². The van der Waals surface area contributed by atoms with Crippen molar-refractivity contribution in [2.75, 3.05) is 0 Å². The third-order valence-corrected chi connectivity index (χ3v) is 2.86. The lowest BCUT2D eigenvalue weighted by Crippen LogP contribution is -2.12. The smallest absolute Gasteiger partial charge is 0.124 e. The van der Waals surface area contributed by atoms with Crippen molar-refractivity contribution in [2.24, 2.45) is 11.7 Å². The van der Waals surface area contributed by atoms with Crippen LogP contribution < -0.4 is 5.73 Å². The third-order valence-electron chi connectivity index (χ3n) is 2.40. The summed E-state index contributed by atoms with van der Waals surface area (Å²) < 4.78 is 13.7. The van der Waals surface area contributed by atoms with Crippen molar-refractivity contribution in [2.45, 2.75) is 18.9 Å². The first kappa shape index (κ1) is 12.0. The van der Waals surface area contributed by atoms with Crippen LogP contribution in [0.4, 0.5) is 4.39 Å². The molecule has 0 unspecified atom stereocenters. The van der Waals surface area contributed by atoms with Gasteiger partial charge >= 0.3 is 0 Å². The zero-order valence-electron chi connectivity index (χ0n) is 7.54. The Balaban J connectivity index is 0.000000980. The lowest BCUT2D eigenvalue weighted by molar-refractivity contribution is 0.600. The van der Waals surface area contributed by atoms with Crippen molar-refractivity contribution in [1.82, 2.24) is 0 Å². The van der Waals surface area contributed by atoms with Crippen LogP contribution in [0.15, 0.2) is 22.7 Å². The molecule has 2 rings (SSSR count). The van der Waals surface area contributed by atoms with Crippen LogP contribution in [0.2, 0.25) is 0 Å². The molecule has 4 heteroatoms. The van der Waals surface area contributed by atoms with Gasteiger partial charge in [-0.3, -0.25) is 0 Å². The Morgan fingerprint density at radius 3 is 2.50 bits per heavy atom. The van der Waals surface area contributed by atoms with Crippen LogP contribution >= 0.6 is 28.3 Å². The summed E-state index contributed by atoms with van der Waals surface area (Å²) in [7, 11) is 0. The summed E-state index contributed by atoms with van der Waals surface area (Å²) in [6, 6.07) is 4.87. The van der Waals surface area contributed by atoms with E-state index in [0.717, 1.165) is 10.0 Å². The minimum absolute atomic E-state index is 0. The van der Waals surface area contributed by atoms with Gasteiger partial charge in [-0.2, -0.15) is 0 Å². The predicted molar refractivity (Wildman–Crippen MR) is 61.0 cm³/mol. The maximum Gasteiger partial charge on any atom is 0.124 e. The van der Waals surface area contributed by atoms with Crippen molar-refractivity contribution in [1.29, 1.82) is 0 Å². The molecule has 0 spiro atoms. The van der Waals surface area contributed by atoms with Crippen LogP contribution in [0.25, 0.3) is 0 Å². The average Bonchev–Trinajstić information content (AvgIpc) is 2.83. The van der Waals surface area contributed by atoms with Crippen LogP contribution in [0, 0.1) is 11.7 Å². The van der Waals surface area contributed by atoms with Crippen LogP contribution in [-0.2, 0) is 0 Å². The molecule has 1 aliphatic carbocycles. The topological polar surface area (TPSA) is 26.0 Å². The van der Waals surface area contributed by atoms with Crippen LogP contribution in [-0.4, -0.2) is 0 Å². The van der Waals surface area contributed by atoms with Gasteiger partial charge in [-0.05, 0) is 42.5 Å².